The number of nitrogens with one attached hydrogen (secondary N) is 1. The minimum absolute atomic E-state index is 0.0493. The maximum absolute atomic E-state index is 12.1. The largest absolute Gasteiger partial charge is 0.276 e. The highest BCUT2D eigenvalue weighted by molar-refractivity contribution is 9.10. The molecule has 5 nitrogen and oxygen atoms in total. The van der Waals surface area contributed by atoms with Gasteiger partial charge in [0.25, 0.3) is 0 Å². The van der Waals surface area contributed by atoms with E-state index in [0.29, 0.717) is 5.69 Å². The van der Waals surface area contributed by atoms with Crippen molar-refractivity contribution in [2.24, 2.45) is 7.05 Å². The highest BCUT2D eigenvalue weighted by atomic mass is 79.9. The summed E-state index contributed by atoms with van der Waals surface area (Å²) in [6.07, 6.45) is 1.75. The van der Waals surface area contributed by atoms with Gasteiger partial charge in [-0.05, 0) is 24.3 Å². The van der Waals surface area contributed by atoms with Gasteiger partial charge in [-0.1, -0.05) is 27.5 Å². The summed E-state index contributed by atoms with van der Waals surface area (Å²) in [6.45, 7) is 0.121. The molecule has 19 heavy (non-hydrogen) atoms. The Morgan fingerprint density at radius 2 is 2.16 bits per heavy atom. The lowest BCUT2D eigenvalue weighted by atomic mass is 10.4. The zero-order valence-corrected chi connectivity index (χ0v) is 13.1. The first-order valence-electron chi connectivity index (χ1n) is 5.32. The molecular weight excluding hydrogens is 354 g/mol. The Kier molecular flexibility index (Phi) is 4.29. The molecule has 2 aromatic rings. The average molecular weight is 365 g/mol. The van der Waals surface area contributed by atoms with Crippen LogP contribution < -0.4 is 4.72 Å². The van der Waals surface area contributed by atoms with Gasteiger partial charge in [-0.15, -0.1) is 0 Å². The van der Waals surface area contributed by atoms with Gasteiger partial charge in [0.15, 0.2) is 0 Å². The highest BCUT2D eigenvalue weighted by Gasteiger charge is 2.18. The van der Waals surface area contributed by atoms with Crippen LogP contribution in [0.25, 0.3) is 0 Å². The zero-order valence-electron chi connectivity index (χ0n) is 9.97. The first-order chi connectivity index (χ1) is 8.88. The molecule has 102 valence electrons. The number of aromatic nitrogens is 2. The summed E-state index contributed by atoms with van der Waals surface area (Å²) in [5, 5.41) is 4.26. The van der Waals surface area contributed by atoms with Crippen LogP contribution in [-0.2, 0) is 23.6 Å². The SMILES string of the molecule is Cn1ccc(CNS(=O)(=O)c2ccc(Br)cc2Cl)n1. The molecule has 0 saturated heterocycles. The summed E-state index contributed by atoms with van der Waals surface area (Å²) in [5.74, 6) is 0. The second-order valence-corrected chi connectivity index (χ2v) is 6.94. The topological polar surface area (TPSA) is 64.0 Å². The highest BCUT2D eigenvalue weighted by Crippen LogP contribution is 2.25. The fourth-order valence-electron chi connectivity index (χ4n) is 1.50. The van der Waals surface area contributed by atoms with E-state index in [-0.39, 0.29) is 16.5 Å². The maximum Gasteiger partial charge on any atom is 0.242 e. The number of hydrogen-bond acceptors (Lipinski definition) is 3. The molecule has 1 aromatic heterocycles. The summed E-state index contributed by atoms with van der Waals surface area (Å²) in [6, 6.07) is 6.36. The van der Waals surface area contributed by atoms with Crippen molar-refractivity contribution in [3.05, 3.63) is 45.7 Å². The quantitative estimate of drug-likeness (QED) is 0.905. The van der Waals surface area contributed by atoms with Crippen LogP contribution in [0, 0.1) is 0 Å². The summed E-state index contributed by atoms with van der Waals surface area (Å²) >= 11 is 9.16. The van der Waals surface area contributed by atoms with Gasteiger partial charge in [-0.2, -0.15) is 5.10 Å². The molecule has 2 rings (SSSR count). The summed E-state index contributed by atoms with van der Waals surface area (Å²) in [7, 11) is -1.88. The van der Waals surface area contributed by atoms with E-state index < -0.39 is 10.0 Å². The second-order valence-electron chi connectivity index (χ2n) is 3.88. The lowest BCUT2D eigenvalue weighted by Crippen LogP contribution is -2.23. The van der Waals surface area contributed by atoms with Gasteiger partial charge in [0.05, 0.1) is 17.3 Å². The number of nitrogens with zero attached hydrogens (tertiary/aromatic N) is 2. The molecule has 0 radical (unpaired) electrons. The Labute approximate surface area is 124 Å². The van der Waals surface area contributed by atoms with Crippen LogP contribution in [0.4, 0.5) is 0 Å². The molecule has 8 heteroatoms. The fourth-order valence-corrected chi connectivity index (χ4v) is 3.53. The molecule has 1 aromatic carbocycles. The first-order valence-corrected chi connectivity index (χ1v) is 7.97. The van der Waals surface area contributed by atoms with Crippen molar-refractivity contribution in [2.75, 3.05) is 0 Å². The van der Waals surface area contributed by atoms with E-state index in [1.807, 2.05) is 0 Å². The second kappa shape index (κ2) is 5.62. The Balaban J connectivity index is 2.18. The number of benzene rings is 1. The van der Waals surface area contributed by atoms with Crippen molar-refractivity contribution < 1.29 is 8.42 Å². The van der Waals surface area contributed by atoms with Crippen LogP contribution in [0.1, 0.15) is 5.69 Å². The van der Waals surface area contributed by atoms with Gasteiger partial charge >= 0.3 is 0 Å². The number of aryl methyl sites for hydroxylation is 1. The van der Waals surface area contributed by atoms with Gasteiger partial charge in [-0.25, -0.2) is 13.1 Å². The normalized spacial score (nSPS) is 11.7. The predicted octanol–water partition coefficient (Wildman–Crippen LogP) is 2.31. The van der Waals surface area contributed by atoms with E-state index in [2.05, 4.69) is 25.8 Å². The Bertz CT molecular complexity index is 700. The van der Waals surface area contributed by atoms with Gasteiger partial charge in [0, 0.05) is 17.7 Å². The molecule has 0 aliphatic heterocycles. The Morgan fingerprint density at radius 1 is 1.42 bits per heavy atom. The van der Waals surface area contributed by atoms with Crippen molar-refractivity contribution in [3.8, 4) is 0 Å². The molecular formula is C11H11BrClN3O2S. The number of rotatable bonds is 4. The Hall–Kier alpha value is -0.890. The van der Waals surface area contributed by atoms with Crippen molar-refractivity contribution >= 4 is 37.6 Å². The van der Waals surface area contributed by atoms with E-state index >= 15 is 0 Å². The van der Waals surface area contributed by atoms with E-state index in [1.165, 1.54) is 12.1 Å². The van der Waals surface area contributed by atoms with Gasteiger partial charge < -0.3 is 0 Å². The molecule has 0 bridgehead atoms. The van der Waals surface area contributed by atoms with E-state index in [1.54, 1.807) is 30.1 Å². The van der Waals surface area contributed by atoms with Crippen LogP contribution in [0.2, 0.25) is 5.02 Å². The minimum Gasteiger partial charge on any atom is -0.276 e. The molecule has 0 saturated carbocycles. The van der Waals surface area contributed by atoms with Crippen LogP contribution in [0.3, 0.4) is 0 Å². The number of sulfonamides is 1. The lowest BCUT2D eigenvalue weighted by Gasteiger charge is -2.07. The third-order valence-electron chi connectivity index (χ3n) is 2.40. The van der Waals surface area contributed by atoms with Gasteiger partial charge in [0.1, 0.15) is 4.90 Å². The van der Waals surface area contributed by atoms with Crippen LogP contribution >= 0.6 is 27.5 Å². The Morgan fingerprint density at radius 3 is 2.74 bits per heavy atom. The molecule has 0 spiro atoms. The summed E-state index contributed by atoms with van der Waals surface area (Å²) in [5.41, 5.74) is 0.638. The standard InChI is InChI=1S/C11H11BrClN3O2S/c1-16-5-4-9(15-16)7-14-19(17,18)11-3-2-8(12)6-10(11)13/h2-6,14H,7H2,1H3. The predicted molar refractivity (Wildman–Crippen MR) is 76.4 cm³/mol. The summed E-state index contributed by atoms with van der Waals surface area (Å²) < 4.78 is 29.0. The summed E-state index contributed by atoms with van der Waals surface area (Å²) in [4.78, 5) is 0.0493. The molecule has 0 fully saturated rings. The molecule has 1 heterocycles. The van der Waals surface area contributed by atoms with E-state index in [0.717, 1.165) is 4.47 Å². The molecule has 0 amide bonds. The van der Waals surface area contributed by atoms with Gasteiger partial charge in [0.2, 0.25) is 10.0 Å². The zero-order chi connectivity index (χ0) is 14.0. The monoisotopic (exact) mass is 363 g/mol. The van der Waals surface area contributed by atoms with Gasteiger partial charge in [-0.3, -0.25) is 4.68 Å². The molecule has 0 aliphatic carbocycles. The van der Waals surface area contributed by atoms with E-state index in [4.69, 9.17) is 11.6 Å². The van der Waals surface area contributed by atoms with Crippen LogP contribution in [-0.4, -0.2) is 18.2 Å². The lowest BCUT2D eigenvalue weighted by molar-refractivity contribution is 0.579. The third-order valence-corrected chi connectivity index (χ3v) is 4.77. The minimum atomic E-state index is -3.65. The van der Waals surface area contributed by atoms with Crippen molar-refractivity contribution in [1.82, 2.24) is 14.5 Å². The van der Waals surface area contributed by atoms with Crippen LogP contribution in [0.5, 0.6) is 0 Å². The average Bonchev–Trinajstić information content (AvgIpc) is 2.72. The fraction of sp³-hybridized carbons (Fsp3) is 0.182. The third kappa shape index (κ3) is 3.56. The maximum atomic E-state index is 12.1. The number of hydrogen-bond donors (Lipinski definition) is 1. The van der Waals surface area contributed by atoms with E-state index in [9.17, 15) is 8.42 Å². The van der Waals surface area contributed by atoms with Crippen molar-refractivity contribution in [2.45, 2.75) is 11.4 Å². The van der Waals surface area contributed by atoms with Crippen LogP contribution in [0.15, 0.2) is 39.8 Å². The smallest absolute Gasteiger partial charge is 0.242 e. The molecule has 1 N–H and O–H groups in total. The number of halogens is 2. The molecule has 0 atom stereocenters. The van der Waals surface area contributed by atoms with Crippen molar-refractivity contribution in [3.63, 3.8) is 0 Å². The first kappa shape index (κ1) is 14.5. The molecule has 0 aliphatic rings. The molecule has 0 unspecified atom stereocenters. The van der Waals surface area contributed by atoms with Crippen molar-refractivity contribution in [1.29, 1.82) is 0 Å².